The van der Waals surface area contributed by atoms with Crippen molar-refractivity contribution >= 4 is 19.8 Å². The molecule has 0 aliphatic rings. The zero-order valence-electron chi connectivity index (χ0n) is 35.2. The number of phosphoric acid groups is 1. The van der Waals surface area contributed by atoms with E-state index in [9.17, 15) is 29.3 Å². The molecule has 0 heterocycles. The van der Waals surface area contributed by atoms with Gasteiger partial charge in [-0.3, -0.25) is 18.6 Å². The Morgan fingerprint density at radius 2 is 0.800 bits per heavy atom. The van der Waals surface area contributed by atoms with E-state index in [0.717, 1.165) is 64.2 Å². The lowest BCUT2D eigenvalue weighted by molar-refractivity contribution is -0.153. The molecule has 0 fully saturated rings. The molecule has 0 amide bonds. The van der Waals surface area contributed by atoms with Crippen LogP contribution in [0.2, 0.25) is 0 Å². The van der Waals surface area contributed by atoms with Gasteiger partial charge in [-0.05, 0) is 44.9 Å². The Morgan fingerprint density at radius 3 is 1.16 bits per heavy atom. The van der Waals surface area contributed by atoms with Crippen LogP contribution in [0.15, 0.2) is 24.3 Å². The number of esters is 2. The Morgan fingerprint density at radius 1 is 0.491 bits per heavy atom. The third kappa shape index (κ3) is 39.1. The van der Waals surface area contributed by atoms with Crippen LogP contribution < -0.4 is 0 Å². The van der Waals surface area contributed by atoms with Crippen molar-refractivity contribution in [3.8, 4) is 0 Å². The van der Waals surface area contributed by atoms with Gasteiger partial charge in [-0.25, -0.2) is 4.57 Å². The van der Waals surface area contributed by atoms with Crippen molar-refractivity contribution in [1.29, 1.82) is 0 Å². The number of rotatable bonds is 42. The first-order valence-corrected chi connectivity index (χ1v) is 23.8. The smallest absolute Gasteiger partial charge is 0.457 e. The molecule has 3 atom stereocenters. The molecule has 55 heavy (non-hydrogen) atoms. The monoisotopic (exact) mass is 803 g/mol. The molecular formula is C44H83O10P. The fourth-order valence-corrected chi connectivity index (χ4v) is 6.99. The van der Waals surface area contributed by atoms with Crippen molar-refractivity contribution in [3.63, 3.8) is 0 Å². The Kier molecular flexibility index (Phi) is 39.5. The van der Waals surface area contributed by atoms with Crippen LogP contribution in [0, 0.1) is 0 Å². The minimum Gasteiger partial charge on any atom is -0.457 e. The molecule has 0 aromatic carbocycles. The Hall–Kier alpha value is -1.55. The van der Waals surface area contributed by atoms with Crippen LogP contribution in [-0.2, 0) is 32.7 Å². The van der Waals surface area contributed by atoms with Crippen LogP contribution in [0.4, 0.5) is 0 Å². The van der Waals surface area contributed by atoms with Gasteiger partial charge in [-0.15, -0.1) is 0 Å². The number of hydrogen-bond donors (Lipinski definition) is 3. The lowest BCUT2D eigenvalue weighted by Crippen LogP contribution is -2.28. The first-order chi connectivity index (χ1) is 26.8. The van der Waals surface area contributed by atoms with Crippen LogP contribution in [0.3, 0.4) is 0 Å². The molecule has 0 rings (SSSR count). The molecule has 0 aliphatic heterocycles. The summed E-state index contributed by atoms with van der Waals surface area (Å²) in [7, 11) is -4.64. The molecule has 0 spiro atoms. The van der Waals surface area contributed by atoms with Gasteiger partial charge in [0.25, 0.3) is 0 Å². The van der Waals surface area contributed by atoms with E-state index in [4.69, 9.17) is 18.5 Å². The second-order valence-corrected chi connectivity index (χ2v) is 16.5. The molecule has 0 saturated carbocycles. The molecule has 0 aromatic heterocycles. The summed E-state index contributed by atoms with van der Waals surface area (Å²) in [5.74, 6) is -1.03. The number of ether oxygens (including phenoxy) is 2. The summed E-state index contributed by atoms with van der Waals surface area (Å²) in [6.07, 6.45) is 40.0. The molecule has 0 bridgehead atoms. The number of hydrogen-bond acceptors (Lipinski definition) is 9. The molecule has 0 aliphatic carbocycles. The van der Waals surface area contributed by atoms with Crippen LogP contribution in [-0.4, -0.2) is 65.7 Å². The maximum absolute atomic E-state index is 12.4. The third-order valence-electron chi connectivity index (χ3n) is 9.67. The Labute approximate surface area is 336 Å². The van der Waals surface area contributed by atoms with E-state index in [2.05, 4.69) is 38.2 Å². The Bertz CT molecular complexity index is 972. The maximum atomic E-state index is 12.4. The van der Waals surface area contributed by atoms with Gasteiger partial charge in [0.2, 0.25) is 0 Å². The first kappa shape index (κ1) is 53.5. The lowest BCUT2D eigenvalue weighted by Gasteiger charge is -2.20. The highest BCUT2D eigenvalue weighted by molar-refractivity contribution is 7.47. The van der Waals surface area contributed by atoms with E-state index >= 15 is 0 Å². The molecule has 0 aromatic rings. The third-order valence-corrected chi connectivity index (χ3v) is 10.6. The van der Waals surface area contributed by atoms with Gasteiger partial charge in [0.1, 0.15) is 12.2 Å². The maximum Gasteiger partial charge on any atom is 0.472 e. The predicted octanol–water partition coefficient (Wildman–Crippen LogP) is 11.8. The number of unbranched alkanes of at least 4 members (excludes halogenated alkanes) is 24. The van der Waals surface area contributed by atoms with Gasteiger partial charge in [-0.1, -0.05) is 173 Å². The summed E-state index contributed by atoms with van der Waals surface area (Å²) in [4.78, 5) is 34.5. The second kappa shape index (κ2) is 40.6. The van der Waals surface area contributed by atoms with E-state index in [1.165, 1.54) is 103 Å². The molecule has 3 N–H and O–H groups in total. The van der Waals surface area contributed by atoms with E-state index < -0.39 is 58.4 Å². The van der Waals surface area contributed by atoms with Gasteiger partial charge < -0.3 is 24.6 Å². The normalized spacial score (nSPS) is 14.1. The highest BCUT2D eigenvalue weighted by Gasteiger charge is 2.27. The summed E-state index contributed by atoms with van der Waals surface area (Å²) in [6.45, 7) is 2.19. The summed E-state index contributed by atoms with van der Waals surface area (Å²) in [6, 6.07) is 0. The van der Waals surface area contributed by atoms with Gasteiger partial charge in [0, 0.05) is 12.8 Å². The molecule has 11 heteroatoms. The quantitative estimate of drug-likeness (QED) is 0.0236. The van der Waals surface area contributed by atoms with Crippen LogP contribution in [0.5, 0.6) is 0 Å². The van der Waals surface area contributed by atoms with E-state index in [-0.39, 0.29) is 12.8 Å². The number of phosphoric ester groups is 1. The van der Waals surface area contributed by atoms with Crippen LogP contribution in [0.1, 0.15) is 206 Å². The highest BCUT2D eigenvalue weighted by Crippen LogP contribution is 2.43. The zero-order valence-corrected chi connectivity index (χ0v) is 36.0. The summed E-state index contributed by atoms with van der Waals surface area (Å²) in [5, 5.41) is 19.2. The van der Waals surface area contributed by atoms with Crippen molar-refractivity contribution in [2.75, 3.05) is 26.4 Å². The fraction of sp³-hybridized carbons (Fsp3) is 0.864. The molecule has 0 radical (unpaired) electrons. The number of aliphatic hydroxyl groups excluding tert-OH is 2. The average Bonchev–Trinajstić information content (AvgIpc) is 3.17. The first-order valence-electron chi connectivity index (χ1n) is 22.3. The average molecular weight is 803 g/mol. The Balaban J connectivity index is 3.91. The van der Waals surface area contributed by atoms with E-state index in [0.29, 0.717) is 12.8 Å². The fourth-order valence-electron chi connectivity index (χ4n) is 6.20. The summed E-state index contributed by atoms with van der Waals surface area (Å²) < 4.78 is 32.6. The number of carbonyl (C=O) groups excluding carboxylic acids is 2. The molecule has 3 unspecified atom stereocenters. The zero-order chi connectivity index (χ0) is 40.5. The standard InChI is InChI=1S/C44H83O10P/c1-3-5-7-9-11-13-15-17-19-20-22-24-26-28-30-32-34-36-44(48)54-42(38-46)40-52-55(49,50)51-39-41(37-45)53-43(47)35-33-31-29-27-25-23-21-18-16-14-12-10-8-6-4-2/h12,14,18,21,41-42,45-46H,3-11,13,15-17,19-20,22-40H2,1-2H3,(H,49,50)/b14-12-,21-18-. The summed E-state index contributed by atoms with van der Waals surface area (Å²) in [5.41, 5.74) is 0. The number of aliphatic hydroxyl groups is 2. The number of carbonyl (C=O) groups is 2. The summed E-state index contributed by atoms with van der Waals surface area (Å²) >= 11 is 0. The highest BCUT2D eigenvalue weighted by atomic mass is 31.2. The van der Waals surface area contributed by atoms with Gasteiger partial charge in [0.05, 0.1) is 26.4 Å². The largest absolute Gasteiger partial charge is 0.472 e. The minimum absolute atomic E-state index is 0.178. The van der Waals surface area contributed by atoms with Crippen molar-refractivity contribution in [2.45, 2.75) is 219 Å². The molecule has 0 saturated heterocycles. The molecule has 10 nitrogen and oxygen atoms in total. The van der Waals surface area contributed by atoms with E-state index in [1.54, 1.807) is 0 Å². The van der Waals surface area contributed by atoms with Crippen LogP contribution in [0.25, 0.3) is 0 Å². The molecule has 324 valence electrons. The van der Waals surface area contributed by atoms with Gasteiger partial charge in [0.15, 0.2) is 0 Å². The second-order valence-electron chi connectivity index (χ2n) is 15.0. The van der Waals surface area contributed by atoms with Crippen molar-refractivity contribution < 1.29 is 47.8 Å². The number of allylic oxidation sites excluding steroid dienone is 4. The van der Waals surface area contributed by atoms with Crippen LogP contribution >= 0.6 is 7.82 Å². The lowest BCUT2D eigenvalue weighted by atomic mass is 10.0. The topological polar surface area (TPSA) is 149 Å². The minimum atomic E-state index is -4.64. The van der Waals surface area contributed by atoms with Crippen molar-refractivity contribution in [2.24, 2.45) is 0 Å². The van der Waals surface area contributed by atoms with Crippen molar-refractivity contribution in [3.05, 3.63) is 24.3 Å². The predicted molar refractivity (Wildman–Crippen MR) is 224 cm³/mol. The van der Waals surface area contributed by atoms with Gasteiger partial charge in [-0.2, -0.15) is 0 Å². The van der Waals surface area contributed by atoms with E-state index in [1.807, 2.05) is 0 Å². The SMILES string of the molecule is CCCCC/C=C\C/C=C\CCCCCCCC(=O)OC(CO)COP(=O)(O)OCC(CO)OC(=O)CCCCCCCCCCCCCCCCCCC. The molecular weight excluding hydrogens is 719 g/mol. The van der Waals surface area contributed by atoms with Crippen molar-refractivity contribution in [1.82, 2.24) is 0 Å². The van der Waals surface area contributed by atoms with Gasteiger partial charge >= 0.3 is 19.8 Å².